The maximum Gasteiger partial charge on any atom is 0.410 e. The van der Waals surface area contributed by atoms with Gasteiger partial charge < -0.3 is 19.1 Å². The van der Waals surface area contributed by atoms with E-state index in [1.807, 2.05) is 49.4 Å². The van der Waals surface area contributed by atoms with E-state index in [1.165, 1.54) is 0 Å². The number of carbonyl (C=O) groups excluding carboxylic acids is 2. The third kappa shape index (κ3) is 4.48. The van der Waals surface area contributed by atoms with E-state index in [-0.39, 0.29) is 36.4 Å². The number of benzene rings is 2. The number of hydrogen-bond donors (Lipinski definition) is 0. The molecule has 3 heterocycles. The molecule has 7 heteroatoms. The van der Waals surface area contributed by atoms with Crippen LogP contribution >= 0.6 is 0 Å². The van der Waals surface area contributed by atoms with Crippen molar-refractivity contribution in [3.05, 3.63) is 70.8 Å². The van der Waals surface area contributed by atoms with Gasteiger partial charge in [-0.05, 0) is 36.6 Å². The number of carbonyl (C=O) groups is 2. The zero-order valence-corrected chi connectivity index (χ0v) is 19.2. The molecule has 0 N–H and O–H groups in total. The Balaban J connectivity index is 1.22. The molecule has 2 unspecified atom stereocenters. The van der Waals surface area contributed by atoms with Crippen LogP contribution in [0.3, 0.4) is 0 Å². The van der Waals surface area contributed by atoms with Crippen LogP contribution in [0.15, 0.2) is 48.5 Å². The number of morpholine rings is 1. The molecular weight excluding hydrogens is 420 g/mol. The number of ether oxygens (including phenoxy) is 3. The Kier molecular flexibility index (Phi) is 5.85. The van der Waals surface area contributed by atoms with Crippen molar-refractivity contribution < 1.29 is 23.8 Å². The first-order valence-corrected chi connectivity index (χ1v) is 11.6. The predicted molar refractivity (Wildman–Crippen MR) is 122 cm³/mol. The zero-order valence-electron chi connectivity index (χ0n) is 19.2. The van der Waals surface area contributed by atoms with Gasteiger partial charge in [0.1, 0.15) is 12.7 Å². The summed E-state index contributed by atoms with van der Waals surface area (Å²) in [5, 5.41) is 0. The van der Waals surface area contributed by atoms with E-state index in [2.05, 4.69) is 17.9 Å². The fourth-order valence-corrected chi connectivity index (χ4v) is 5.03. The fraction of sp³-hybridized carbons (Fsp3) is 0.462. The number of esters is 1. The van der Waals surface area contributed by atoms with E-state index in [9.17, 15) is 9.59 Å². The lowest BCUT2D eigenvalue weighted by Crippen LogP contribution is -2.66. The molecular formula is C26H30N2O5. The van der Waals surface area contributed by atoms with E-state index >= 15 is 0 Å². The highest BCUT2D eigenvalue weighted by atomic mass is 16.6. The molecule has 0 aromatic heterocycles. The third-order valence-corrected chi connectivity index (χ3v) is 6.92. The predicted octanol–water partition coefficient (Wildman–Crippen LogP) is 3.57. The minimum atomic E-state index is -0.280. The first-order valence-electron chi connectivity index (χ1n) is 11.6. The van der Waals surface area contributed by atoms with Crippen molar-refractivity contribution in [2.75, 3.05) is 32.8 Å². The van der Waals surface area contributed by atoms with Gasteiger partial charge in [0.15, 0.2) is 0 Å². The molecule has 0 aliphatic carbocycles. The summed E-state index contributed by atoms with van der Waals surface area (Å²) in [6.45, 7) is 7.58. The molecule has 2 saturated heterocycles. The van der Waals surface area contributed by atoms with Crippen LogP contribution in [0, 0.1) is 0 Å². The molecule has 0 radical (unpaired) electrons. The summed E-state index contributed by atoms with van der Waals surface area (Å²) in [7, 11) is 0. The maximum atomic E-state index is 12.7. The lowest BCUT2D eigenvalue weighted by molar-refractivity contribution is -0.132. The van der Waals surface area contributed by atoms with Gasteiger partial charge in [-0.15, -0.1) is 0 Å². The van der Waals surface area contributed by atoms with Crippen molar-refractivity contribution in [1.29, 1.82) is 0 Å². The number of piperazine rings is 1. The number of fused-ring (bicyclic) bond motifs is 2. The van der Waals surface area contributed by atoms with Crippen LogP contribution in [0.5, 0.6) is 0 Å². The van der Waals surface area contributed by atoms with E-state index < -0.39 is 0 Å². The summed E-state index contributed by atoms with van der Waals surface area (Å²) < 4.78 is 17.2. The third-order valence-electron chi connectivity index (χ3n) is 6.92. The van der Waals surface area contributed by atoms with Crippen LogP contribution in [0.1, 0.15) is 47.0 Å². The fourth-order valence-electron chi connectivity index (χ4n) is 5.03. The van der Waals surface area contributed by atoms with Crippen LogP contribution in [0.4, 0.5) is 4.79 Å². The summed E-state index contributed by atoms with van der Waals surface area (Å²) >= 11 is 0. The molecule has 2 aromatic rings. The highest BCUT2D eigenvalue weighted by molar-refractivity contribution is 5.92. The van der Waals surface area contributed by atoms with E-state index in [4.69, 9.17) is 14.2 Å². The second-order valence-corrected chi connectivity index (χ2v) is 9.54. The Morgan fingerprint density at radius 1 is 1.18 bits per heavy atom. The minimum absolute atomic E-state index is 0.0618. The van der Waals surface area contributed by atoms with Gasteiger partial charge in [-0.1, -0.05) is 42.5 Å². The SMILES string of the molecule is C[C@H]1Cc2cc(C3CN4CCN(C(=O)OCc5ccccc5)CC4(C)CO3)ccc2C(=O)O1. The number of cyclic esters (lactones) is 1. The second-order valence-electron chi connectivity index (χ2n) is 9.54. The maximum absolute atomic E-state index is 12.7. The van der Waals surface area contributed by atoms with Crippen molar-refractivity contribution in [3.8, 4) is 0 Å². The Hall–Kier alpha value is -2.90. The molecule has 0 saturated carbocycles. The lowest BCUT2D eigenvalue weighted by atomic mass is 9.91. The van der Waals surface area contributed by atoms with Crippen LogP contribution in [0.25, 0.3) is 0 Å². The standard InChI is InChI=1S/C26H30N2O5/c1-18-12-21-13-20(8-9-22(21)24(29)33-18)23-14-28-11-10-27(16-26(28,2)17-32-23)25(30)31-15-19-6-4-3-5-7-19/h3-9,13,18,23H,10-12,14-17H2,1-2H3/t18-,23?,26?/m0/s1. The first-order chi connectivity index (χ1) is 15.9. The molecule has 2 fully saturated rings. The Morgan fingerprint density at radius 3 is 2.82 bits per heavy atom. The quantitative estimate of drug-likeness (QED) is 0.666. The highest BCUT2D eigenvalue weighted by Gasteiger charge is 2.44. The average Bonchev–Trinajstić information content (AvgIpc) is 2.81. The second kappa shape index (κ2) is 8.80. The van der Waals surface area contributed by atoms with Gasteiger partial charge in [-0.25, -0.2) is 9.59 Å². The summed E-state index contributed by atoms with van der Waals surface area (Å²) in [6, 6.07) is 15.6. The highest BCUT2D eigenvalue weighted by Crippen LogP contribution is 2.34. The molecule has 0 bridgehead atoms. The molecule has 3 aliphatic rings. The Morgan fingerprint density at radius 2 is 2.00 bits per heavy atom. The monoisotopic (exact) mass is 450 g/mol. The van der Waals surface area contributed by atoms with Crippen molar-refractivity contribution in [2.24, 2.45) is 0 Å². The number of hydrogen-bond acceptors (Lipinski definition) is 6. The van der Waals surface area contributed by atoms with Gasteiger partial charge in [-0.3, -0.25) is 4.90 Å². The smallest absolute Gasteiger partial charge is 0.410 e. The lowest BCUT2D eigenvalue weighted by Gasteiger charge is -2.52. The van der Waals surface area contributed by atoms with E-state index in [0.717, 1.165) is 36.2 Å². The van der Waals surface area contributed by atoms with Crippen molar-refractivity contribution in [1.82, 2.24) is 9.80 Å². The Labute approximate surface area is 194 Å². The first kappa shape index (κ1) is 21.9. The summed E-state index contributed by atoms with van der Waals surface area (Å²) in [5.74, 6) is -0.247. The Bertz CT molecular complexity index is 1040. The van der Waals surface area contributed by atoms with Crippen molar-refractivity contribution >= 4 is 12.1 Å². The molecule has 7 nitrogen and oxygen atoms in total. The number of rotatable bonds is 3. The van der Waals surface area contributed by atoms with Crippen LogP contribution in [-0.2, 0) is 27.2 Å². The van der Waals surface area contributed by atoms with Gasteiger partial charge >= 0.3 is 12.1 Å². The summed E-state index contributed by atoms with van der Waals surface area (Å²) in [4.78, 5) is 29.0. The van der Waals surface area contributed by atoms with Crippen molar-refractivity contribution in [3.63, 3.8) is 0 Å². The molecule has 1 amide bonds. The van der Waals surface area contributed by atoms with Gasteiger partial charge in [0.2, 0.25) is 0 Å². The molecule has 5 rings (SSSR count). The number of nitrogens with zero attached hydrogens (tertiary/aromatic N) is 2. The molecule has 0 spiro atoms. The largest absolute Gasteiger partial charge is 0.459 e. The normalized spacial score (nSPS) is 27.3. The van der Waals surface area contributed by atoms with Gasteiger partial charge in [0.05, 0.1) is 23.8 Å². The molecule has 3 aliphatic heterocycles. The van der Waals surface area contributed by atoms with E-state index in [1.54, 1.807) is 4.90 Å². The minimum Gasteiger partial charge on any atom is -0.459 e. The van der Waals surface area contributed by atoms with Gasteiger partial charge in [-0.2, -0.15) is 0 Å². The number of amides is 1. The molecule has 3 atom stereocenters. The van der Waals surface area contributed by atoms with Gasteiger partial charge in [0.25, 0.3) is 0 Å². The average molecular weight is 451 g/mol. The van der Waals surface area contributed by atoms with Crippen LogP contribution in [-0.4, -0.2) is 66.3 Å². The van der Waals surface area contributed by atoms with Gasteiger partial charge in [0, 0.05) is 32.6 Å². The topological polar surface area (TPSA) is 68.3 Å². The molecule has 33 heavy (non-hydrogen) atoms. The van der Waals surface area contributed by atoms with Crippen LogP contribution in [0.2, 0.25) is 0 Å². The summed E-state index contributed by atoms with van der Waals surface area (Å²) in [5.41, 5.74) is 3.49. The molecule has 2 aromatic carbocycles. The van der Waals surface area contributed by atoms with Crippen molar-refractivity contribution in [2.45, 2.75) is 44.6 Å². The summed E-state index contributed by atoms with van der Waals surface area (Å²) in [6.07, 6.45) is 0.277. The van der Waals surface area contributed by atoms with E-state index in [0.29, 0.717) is 25.3 Å². The van der Waals surface area contributed by atoms with Crippen LogP contribution < -0.4 is 0 Å². The molecule has 174 valence electrons. The zero-order chi connectivity index (χ0) is 23.0.